The highest BCUT2D eigenvalue weighted by molar-refractivity contribution is 5.75. The van der Waals surface area contributed by atoms with Crippen molar-refractivity contribution < 1.29 is 5.11 Å². The lowest BCUT2D eigenvalue weighted by molar-refractivity contribution is 0.261. The second-order valence-electron chi connectivity index (χ2n) is 4.76. The van der Waals surface area contributed by atoms with Crippen LogP contribution in [0.1, 0.15) is 32.5 Å². The van der Waals surface area contributed by atoms with Gasteiger partial charge in [-0.2, -0.15) is 0 Å². The molecule has 0 aliphatic carbocycles. The van der Waals surface area contributed by atoms with Crippen molar-refractivity contribution in [1.82, 2.24) is 14.9 Å². The van der Waals surface area contributed by atoms with Crippen LogP contribution in [0.15, 0.2) is 24.3 Å². The summed E-state index contributed by atoms with van der Waals surface area (Å²) in [6, 6.07) is 8.59. The molecule has 0 bridgehead atoms. The number of aliphatic hydroxyl groups excluding tert-OH is 1. The summed E-state index contributed by atoms with van der Waals surface area (Å²) in [6.45, 7) is 6.18. The van der Waals surface area contributed by atoms with Crippen LogP contribution < -0.4 is 5.32 Å². The molecule has 0 saturated carbocycles. The summed E-state index contributed by atoms with van der Waals surface area (Å²) in [5.41, 5.74) is 2.24. The van der Waals surface area contributed by atoms with Crippen molar-refractivity contribution >= 4 is 11.0 Å². The molecule has 2 aromatic rings. The van der Waals surface area contributed by atoms with Gasteiger partial charge in [-0.1, -0.05) is 19.1 Å². The maximum absolute atomic E-state index is 9.02. The Morgan fingerprint density at radius 3 is 2.79 bits per heavy atom. The number of nitrogens with zero attached hydrogens (tertiary/aromatic N) is 2. The fraction of sp³-hybridized carbons (Fsp3) is 0.533. The van der Waals surface area contributed by atoms with Crippen LogP contribution in [0.5, 0.6) is 0 Å². The number of imidazole rings is 1. The summed E-state index contributed by atoms with van der Waals surface area (Å²) < 4.78 is 2.24. The van der Waals surface area contributed by atoms with Crippen molar-refractivity contribution in [3.8, 4) is 0 Å². The van der Waals surface area contributed by atoms with Crippen LogP contribution in [0.3, 0.4) is 0 Å². The molecule has 0 fully saturated rings. The fourth-order valence-electron chi connectivity index (χ4n) is 2.46. The van der Waals surface area contributed by atoms with E-state index in [0.29, 0.717) is 6.04 Å². The highest BCUT2D eigenvalue weighted by atomic mass is 16.3. The minimum absolute atomic E-state index is 0.232. The van der Waals surface area contributed by atoms with Crippen molar-refractivity contribution in [2.24, 2.45) is 0 Å². The zero-order valence-electron chi connectivity index (χ0n) is 11.8. The molecule has 1 aromatic heterocycles. The summed E-state index contributed by atoms with van der Waals surface area (Å²) in [5.74, 6) is 1.07. The maximum Gasteiger partial charge on any atom is 0.123 e. The normalized spacial score (nSPS) is 13.0. The molecule has 1 atom stereocenters. The van der Waals surface area contributed by atoms with Crippen LogP contribution in [0.4, 0.5) is 0 Å². The van der Waals surface area contributed by atoms with Gasteiger partial charge in [-0.3, -0.25) is 0 Å². The third-order valence-electron chi connectivity index (χ3n) is 3.57. The van der Waals surface area contributed by atoms with E-state index < -0.39 is 0 Å². The number of aromatic nitrogens is 2. The maximum atomic E-state index is 9.02. The monoisotopic (exact) mass is 261 g/mol. The van der Waals surface area contributed by atoms with Gasteiger partial charge in [0.1, 0.15) is 5.82 Å². The molecular formula is C15H23N3O. The molecule has 0 spiro atoms. The summed E-state index contributed by atoms with van der Waals surface area (Å²) in [5, 5.41) is 12.5. The number of benzene rings is 1. The van der Waals surface area contributed by atoms with Gasteiger partial charge in [-0.15, -0.1) is 0 Å². The van der Waals surface area contributed by atoms with Crippen LogP contribution in [-0.4, -0.2) is 27.3 Å². The number of para-hydroxylation sites is 2. The van der Waals surface area contributed by atoms with Gasteiger partial charge in [0.25, 0.3) is 0 Å². The van der Waals surface area contributed by atoms with Crippen molar-refractivity contribution in [2.45, 2.75) is 45.8 Å². The Labute approximate surface area is 114 Å². The van der Waals surface area contributed by atoms with E-state index in [9.17, 15) is 0 Å². The summed E-state index contributed by atoms with van der Waals surface area (Å²) in [6.07, 6.45) is 1.82. The first-order valence-corrected chi connectivity index (χ1v) is 7.08. The first-order valence-electron chi connectivity index (χ1n) is 7.08. The molecule has 4 nitrogen and oxygen atoms in total. The van der Waals surface area contributed by atoms with Gasteiger partial charge in [0.2, 0.25) is 0 Å². The van der Waals surface area contributed by atoms with Crippen molar-refractivity contribution in [2.75, 3.05) is 6.61 Å². The summed E-state index contributed by atoms with van der Waals surface area (Å²) in [7, 11) is 0. The number of hydrogen-bond donors (Lipinski definition) is 2. The molecule has 0 aliphatic rings. The van der Waals surface area contributed by atoms with Crippen LogP contribution in [0.2, 0.25) is 0 Å². The number of hydrogen-bond acceptors (Lipinski definition) is 3. The lowest BCUT2D eigenvalue weighted by atomic mass is 10.1. The number of aliphatic hydroxyl groups is 1. The van der Waals surface area contributed by atoms with Gasteiger partial charge in [-0.25, -0.2) is 4.98 Å². The third kappa shape index (κ3) is 3.14. The molecule has 2 rings (SSSR count). The molecule has 0 aliphatic heterocycles. The van der Waals surface area contributed by atoms with Crippen LogP contribution in [-0.2, 0) is 13.1 Å². The molecule has 19 heavy (non-hydrogen) atoms. The summed E-state index contributed by atoms with van der Waals surface area (Å²) >= 11 is 0. The lowest BCUT2D eigenvalue weighted by Gasteiger charge is -2.15. The van der Waals surface area contributed by atoms with E-state index in [1.54, 1.807) is 0 Å². The Kier molecular flexibility index (Phi) is 4.93. The van der Waals surface area contributed by atoms with Crippen molar-refractivity contribution in [1.29, 1.82) is 0 Å². The zero-order valence-corrected chi connectivity index (χ0v) is 11.8. The van der Waals surface area contributed by atoms with Crippen LogP contribution in [0.25, 0.3) is 11.0 Å². The summed E-state index contributed by atoms with van der Waals surface area (Å²) in [4.78, 5) is 4.69. The standard InChI is InChI=1S/C15H23N3O/c1-3-12(9-10-19)16-11-15-17-13-7-5-6-8-14(13)18(15)4-2/h5-8,12,16,19H,3-4,9-11H2,1-2H3. The average Bonchev–Trinajstić information content (AvgIpc) is 2.80. The van der Waals surface area contributed by atoms with E-state index in [2.05, 4.69) is 40.8 Å². The Morgan fingerprint density at radius 1 is 1.32 bits per heavy atom. The molecule has 1 unspecified atom stereocenters. The Bertz CT molecular complexity index is 521. The molecular weight excluding hydrogens is 238 g/mol. The predicted octanol–water partition coefficient (Wildman–Crippen LogP) is 2.31. The van der Waals surface area contributed by atoms with Crippen LogP contribution >= 0.6 is 0 Å². The average molecular weight is 261 g/mol. The largest absolute Gasteiger partial charge is 0.396 e. The van der Waals surface area contributed by atoms with E-state index in [1.807, 2.05) is 12.1 Å². The SMILES string of the molecule is CCC(CCO)NCc1nc2ccccc2n1CC. The van der Waals surface area contributed by atoms with Gasteiger partial charge in [-0.05, 0) is 31.9 Å². The van der Waals surface area contributed by atoms with E-state index in [0.717, 1.165) is 37.3 Å². The van der Waals surface area contributed by atoms with E-state index in [1.165, 1.54) is 5.52 Å². The first kappa shape index (κ1) is 14.0. The predicted molar refractivity (Wildman–Crippen MR) is 78.0 cm³/mol. The Balaban J connectivity index is 2.15. The van der Waals surface area contributed by atoms with Gasteiger partial charge < -0.3 is 15.0 Å². The zero-order chi connectivity index (χ0) is 13.7. The molecule has 104 valence electrons. The minimum Gasteiger partial charge on any atom is -0.396 e. The molecule has 2 N–H and O–H groups in total. The second-order valence-corrected chi connectivity index (χ2v) is 4.76. The third-order valence-corrected chi connectivity index (χ3v) is 3.57. The Morgan fingerprint density at radius 2 is 2.11 bits per heavy atom. The number of nitrogens with one attached hydrogen (secondary N) is 1. The van der Waals surface area contributed by atoms with Gasteiger partial charge >= 0.3 is 0 Å². The van der Waals surface area contributed by atoms with E-state index >= 15 is 0 Å². The van der Waals surface area contributed by atoms with Gasteiger partial charge in [0, 0.05) is 19.2 Å². The number of rotatable bonds is 7. The minimum atomic E-state index is 0.232. The second kappa shape index (κ2) is 6.68. The van der Waals surface area contributed by atoms with Gasteiger partial charge in [0.05, 0.1) is 17.6 Å². The van der Waals surface area contributed by atoms with Crippen molar-refractivity contribution in [3.05, 3.63) is 30.1 Å². The topological polar surface area (TPSA) is 50.1 Å². The first-order chi connectivity index (χ1) is 9.30. The Hall–Kier alpha value is -1.39. The molecule has 0 radical (unpaired) electrons. The fourth-order valence-corrected chi connectivity index (χ4v) is 2.46. The van der Waals surface area contributed by atoms with Crippen molar-refractivity contribution in [3.63, 3.8) is 0 Å². The number of aryl methyl sites for hydroxylation is 1. The lowest BCUT2D eigenvalue weighted by Crippen LogP contribution is -2.30. The molecule has 0 saturated heterocycles. The van der Waals surface area contributed by atoms with E-state index in [-0.39, 0.29) is 6.61 Å². The molecule has 1 aromatic carbocycles. The highest BCUT2D eigenvalue weighted by Gasteiger charge is 2.11. The molecule has 0 amide bonds. The number of fused-ring (bicyclic) bond motifs is 1. The van der Waals surface area contributed by atoms with Gasteiger partial charge in [0.15, 0.2) is 0 Å². The molecule has 4 heteroatoms. The molecule has 1 heterocycles. The van der Waals surface area contributed by atoms with E-state index in [4.69, 9.17) is 5.11 Å². The van der Waals surface area contributed by atoms with Crippen LogP contribution in [0, 0.1) is 0 Å². The quantitative estimate of drug-likeness (QED) is 0.804. The smallest absolute Gasteiger partial charge is 0.123 e. The highest BCUT2D eigenvalue weighted by Crippen LogP contribution is 2.16.